The smallest absolute Gasteiger partial charge is 0.251 e. The molecule has 0 radical (unpaired) electrons. The van der Waals surface area contributed by atoms with Gasteiger partial charge in [0.25, 0.3) is 5.91 Å². The van der Waals surface area contributed by atoms with Crippen molar-refractivity contribution in [2.24, 2.45) is 5.14 Å². The molecule has 1 amide bonds. The van der Waals surface area contributed by atoms with Gasteiger partial charge in [0.2, 0.25) is 10.0 Å². The number of aryl methyl sites for hydroxylation is 1. The van der Waals surface area contributed by atoms with Crippen molar-refractivity contribution in [1.29, 1.82) is 0 Å². The van der Waals surface area contributed by atoms with Crippen LogP contribution in [-0.4, -0.2) is 14.3 Å². The van der Waals surface area contributed by atoms with Crippen LogP contribution in [0.4, 0.5) is 0 Å². The molecule has 0 saturated carbocycles. The second-order valence-corrected chi connectivity index (χ2v) is 7.18. The highest BCUT2D eigenvalue weighted by Crippen LogP contribution is 2.22. The maximum absolute atomic E-state index is 12.3. The van der Waals surface area contributed by atoms with Crippen LogP contribution in [0.2, 0.25) is 5.02 Å². The molecular formula is C16H17ClN2O3S. The number of sulfonamides is 1. The first-order chi connectivity index (χ1) is 10.7. The Hall–Kier alpha value is -1.89. The zero-order valence-electron chi connectivity index (χ0n) is 12.7. The lowest BCUT2D eigenvalue weighted by Gasteiger charge is -2.17. The van der Waals surface area contributed by atoms with E-state index in [1.54, 1.807) is 0 Å². The minimum Gasteiger partial charge on any atom is -0.346 e. The normalized spacial score (nSPS) is 12.7. The van der Waals surface area contributed by atoms with E-state index in [0.717, 1.165) is 11.1 Å². The van der Waals surface area contributed by atoms with Gasteiger partial charge in [-0.05, 0) is 43.2 Å². The van der Waals surface area contributed by atoms with Gasteiger partial charge in [0.15, 0.2) is 0 Å². The molecule has 2 rings (SSSR count). The fourth-order valence-electron chi connectivity index (χ4n) is 2.29. The molecule has 5 nitrogen and oxygen atoms in total. The van der Waals surface area contributed by atoms with Crippen molar-refractivity contribution < 1.29 is 13.2 Å². The van der Waals surface area contributed by atoms with Gasteiger partial charge >= 0.3 is 0 Å². The highest BCUT2D eigenvalue weighted by atomic mass is 35.5. The van der Waals surface area contributed by atoms with Crippen LogP contribution >= 0.6 is 11.6 Å². The first-order valence-electron chi connectivity index (χ1n) is 6.89. The number of carbonyl (C=O) groups excluding carboxylic acids is 1. The van der Waals surface area contributed by atoms with Gasteiger partial charge in [-0.15, -0.1) is 0 Å². The SMILES string of the molecule is Cc1ccccc1[C@H](C)NC(=O)c1ccc(Cl)c(S(N)(=O)=O)c1. The molecule has 2 aromatic carbocycles. The van der Waals surface area contributed by atoms with E-state index in [1.807, 2.05) is 38.1 Å². The van der Waals surface area contributed by atoms with Gasteiger partial charge < -0.3 is 5.32 Å². The van der Waals surface area contributed by atoms with Gasteiger partial charge in [0, 0.05) is 5.56 Å². The molecule has 0 fully saturated rings. The number of halogens is 1. The van der Waals surface area contributed by atoms with Crippen molar-refractivity contribution in [2.45, 2.75) is 24.8 Å². The monoisotopic (exact) mass is 352 g/mol. The topological polar surface area (TPSA) is 89.3 Å². The van der Waals surface area contributed by atoms with Crippen LogP contribution in [-0.2, 0) is 10.0 Å². The molecule has 2 aromatic rings. The second-order valence-electron chi connectivity index (χ2n) is 5.24. The predicted octanol–water partition coefficient (Wildman–Crippen LogP) is 2.79. The van der Waals surface area contributed by atoms with Gasteiger partial charge in [-0.3, -0.25) is 4.79 Å². The molecule has 0 unspecified atom stereocenters. The quantitative estimate of drug-likeness (QED) is 0.886. The summed E-state index contributed by atoms with van der Waals surface area (Å²) in [5, 5.41) is 7.91. The Morgan fingerprint density at radius 3 is 2.48 bits per heavy atom. The van der Waals surface area contributed by atoms with Crippen molar-refractivity contribution >= 4 is 27.5 Å². The number of nitrogens with one attached hydrogen (secondary N) is 1. The molecule has 0 aromatic heterocycles. The summed E-state index contributed by atoms with van der Waals surface area (Å²) < 4.78 is 23.0. The maximum Gasteiger partial charge on any atom is 0.251 e. The zero-order chi connectivity index (χ0) is 17.2. The van der Waals surface area contributed by atoms with E-state index in [2.05, 4.69) is 5.32 Å². The minimum atomic E-state index is -3.99. The standard InChI is InChI=1S/C16H17ClN2O3S/c1-10-5-3-4-6-13(10)11(2)19-16(20)12-7-8-14(17)15(9-12)23(18,21)22/h3-9,11H,1-2H3,(H,19,20)(H2,18,21,22)/t11-/m0/s1. The lowest BCUT2D eigenvalue weighted by Crippen LogP contribution is -2.27. The summed E-state index contributed by atoms with van der Waals surface area (Å²) in [5.74, 6) is -0.401. The number of primary sulfonamides is 1. The van der Waals surface area contributed by atoms with Crippen LogP contribution in [0, 0.1) is 6.92 Å². The number of hydrogen-bond donors (Lipinski definition) is 2. The van der Waals surface area contributed by atoms with Crippen molar-refractivity contribution in [3.8, 4) is 0 Å². The van der Waals surface area contributed by atoms with Crippen LogP contribution in [0.3, 0.4) is 0 Å². The molecule has 0 spiro atoms. The van der Waals surface area contributed by atoms with Gasteiger partial charge in [-0.1, -0.05) is 35.9 Å². The molecule has 23 heavy (non-hydrogen) atoms. The molecule has 3 N–H and O–H groups in total. The lowest BCUT2D eigenvalue weighted by molar-refractivity contribution is 0.0939. The van der Waals surface area contributed by atoms with Crippen molar-refractivity contribution in [3.63, 3.8) is 0 Å². The van der Waals surface area contributed by atoms with E-state index >= 15 is 0 Å². The number of rotatable bonds is 4. The van der Waals surface area contributed by atoms with Crippen LogP contribution in [0.1, 0.15) is 34.5 Å². The Morgan fingerprint density at radius 1 is 1.22 bits per heavy atom. The second kappa shape index (κ2) is 6.70. The molecule has 0 bridgehead atoms. The zero-order valence-corrected chi connectivity index (χ0v) is 14.3. The maximum atomic E-state index is 12.3. The van der Waals surface area contributed by atoms with Crippen molar-refractivity contribution in [2.75, 3.05) is 0 Å². The molecule has 0 heterocycles. The first kappa shape index (κ1) is 17.5. The molecule has 0 aliphatic heterocycles. The number of amides is 1. The minimum absolute atomic E-state index is 0.0176. The molecule has 1 atom stereocenters. The number of hydrogen-bond acceptors (Lipinski definition) is 3. The summed E-state index contributed by atoms with van der Waals surface area (Å²) in [7, 11) is -3.99. The Morgan fingerprint density at radius 2 is 1.87 bits per heavy atom. The molecule has 0 saturated heterocycles. The number of nitrogens with two attached hydrogens (primary N) is 1. The highest BCUT2D eigenvalue weighted by molar-refractivity contribution is 7.89. The largest absolute Gasteiger partial charge is 0.346 e. The third-order valence-corrected chi connectivity index (χ3v) is 4.89. The van der Waals surface area contributed by atoms with Crippen LogP contribution in [0.15, 0.2) is 47.4 Å². The summed E-state index contributed by atoms with van der Waals surface area (Å²) in [5.41, 5.74) is 2.22. The summed E-state index contributed by atoms with van der Waals surface area (Å²) in [6.07, 6.45) is 0. The van der Waals surface area contributed by atoms with Gasteiger partial charge in [0.05, 0.1) is 11.1 Å². The van der Waals surface area contributed by atoms with E-state index in [-0.39, 0.29) is 21.5 Å². The Bertz CT molecular complexity index is 850. The average molecular weight is 353 g/mol. The predicted molar refractivity (Wildman–Crippen MR) is 89.9 cm³/mol. The third-order valence-electron chi connectivity index (χ3n) is 3.50. The summed E-state index contributed by atoms with van der Waals surface area (Å²) in [6, 6.07) is 11.5. The van der Waals surface area contributed by atoms with Crippen LogP contribution < -0.4 is 10.5 Å². The van der Waals surface area contributed by atoms with Gasteiger partial charge in [0.1, 0.15) is 4.90 Å². The van der Waals surface area contributed by atoms with Crippen LogP contribution in [0.25, 0.3) is 0 Å². The van der Waals surface area contributed by atoms with Crippen molar-refractivity contribution in [1.82, 2.24) is 5.32 Å². The van der Waals surface area contributed by atoms with Crippen molar-refractivity contribution in [3.05, 3.63) is 64.2 Å². The molecular weight excluding hydrogens is 336 g/mol. The van der Waals surface area contributed by atoms with Gasteiger partial charge in [-0.25, -0.2) is 13.6 Å². The average Bonchev–Trinajstić information content (AvgIpc) is 2.46. The molecule has 7 heteroatoms. The summed E-state index contributed by atoms with van der Waals surface area (Å²) in [4.78, 5) is 12.1. The Balaban J connectivity index is 2.27. The molecule has 0 aliphatic carbocycles. The Labute approximate surface area is 140 Å². The van der Waals surface area contributed by atoms with E-state index in [1.165, 1.54) is 18.2 Å². The fraction of sp³-hybridized carbons (Fsp3) is 0.188. The summed E-state index contributed by atoms with van der Waals surface area (Å²) >= 11 is 5.82. The molecule has 122 valence electrons. The first-order valence-corrected chi connectivity index (χ1v) is 8.81. The van der Waals surface area contributed by atoms with E-state index in [0.29, 0.717) is 0 Å². The highest BCUT2D eigenvalue weighted by Gasteiger charge is 2.18. The number of benzene rings is 2. The van der Waals surface area contributed by atoms with E-state index in [9.17, 15) is 13.2 Å². The third kappa shape index (κ3) is 4.10. The Kier molecular flexibility index (Phi) is 5.09. The summed E-state index contributed by atoms with van der Waals surface area (Å²) in [6.45, 7) is 3.82. The fourth-order valence-corrected chi connectivity index (χ4v) is 3.36. The number of carbonyl (C=O) groups is 1. The molecule has 0 aliphatic rings. The van der Waals surface area contributed by atoms with E-state index < -0.39 is 15.9 Å². The van der Waals surface area contributed by atoms with E-state index in [4.69, 9.17) is 16.7 Å². The van der Waals surface area contributed by atoms with Gasteiger partial charge in [-0.2, -0.15) is 0 Å². The lowest BCUT2D eigenvalue weighted by atomic mass is 10.0. The van der Waals surface area contributed by atoms with Crippen LogP contribution in [0.5, 0.6) is 0 Å².